The molecule has 0 aliphatic rings. The number of fused-ring (bicyclic) bond motifs is 1. The van der Waals surface area contributed by atoms with Crippen molar-refractivity contribution in [2.45, 2.75) is 0 Å². The van der Waals surface area contributed by atoms with Crippen molar-refractivity contribution in [3.63, 3.8) is 0 Å². The second-order valence-electron chi connectivity index (χ2n) is 4.50. The number of pyridine rings is 1. The Morgan fingerprint density at radius 3 is 2.67 bits per heavy atom. The molecule has 0 saturated carbocycles. The van der Waals surface area contributed by atoms with Crippen LogP contribution in [0.1, 0.15) is 5.56 Å². The van der Waals surface area contributed by atoms with Crippen LogP contribution >= 0.6 is 11.6 Å². The van der Waals surface area contributed by atoms with E-state index in [4.69, 9.17) is 27.5 Å². The summed E-state index contributed by atoms with van der Waals surface area (Å²) in [6.45, 7) is 0. The van der Waals surface area contributed by atoms with Crippen molar-refractivity contribution < 1.29 is 4.74 Å². The number of rotatable bonds is 3. The normalized spacial score (nSPS) is 10.5. The summed E-state index contributed by atoms with van der Waals surface area (Å²) >= 11 is 5.93. The first kappa shape index (κ1) is 13.4. The number of nitrogen functional groups attached to an aromatic ring is 1. The molecule has 0 radical (unpaired) electrons. The fraction of sp³-hybridized carbons (Fsp3) is 0. The molecule has 1 aromatic heterocycles. The van der Waals surface area contributed by atoms with Gasteiger partial charge in [0.2, 0.25) is 5.88 Å². The highest BCUT2D eigenvalue weighted by molar-refractivity contribution is 6.30. The highest BCUT2D eigenvalue weighted by Crippen LogP contribution is 2.27. The van der Waals surface area contributed by atoms with Gasteiger partial charge in [-0.15, -0.1) is 0 Å². The third kappa shape index (κ3) is 2.80. The van der Waals surface area contributed by atoms with Gasteiger partial charge < -0.3 is 10.5 Å². The summed E-state index contributed by atoms with van der Waals surface area (Å²) in [6.07, 6.45) is 0. The first-order valence-corrected chi connectivity index (χ1v) is 6.69. The van der Waals surface area contributed by atoms with E-state index < -0.39 is 0 Å². The molecule has 0 saturated heterocycles. The van der Waals surface area contributed by atoms with Gasteiger partial charge in [0.05, 0.1) is 5.52 Å². The number of nitrogens with two attached hydrogens (primary N) is 1. The zero-order valence-corrected chi connectivity index (χ0v) is 11.8. The van der Waals surface area contributed by atoms with Gasteiger partial charge >= 0.3 is 0 Å². The van der Waals surface area contributed by atoms with Gasteiger partial charge in [-0.05, 0) is 24.3 Å². The van der Waals surface area contributed by atoms with Crippen LogP contribution in [0.15, 0.2) is 54.6 Å². The standard InChI is InChI=1S/C16H12ClN3O/c17-10-4-3-5-11(8-10)21-15-9-13(16(18)19)12-6-1-2-7-14(12)20-15/h1-9H,(H3,18,19). The number of nitrogens with one attached hydrogen (secondary N) is 1. The molecular formula is C16H12ClN3O. The van der Waals surface area contributed by atoms with Crippen molar-refractivity contribution in [2.24, 2.45) is 5.73 Å². The fourth-order valence-electron chi connectivity index (χ4n) is 2.08. The molecule has 5 heteroatoms. The van der Waals surface area contributed by atoms with Crippen LogP contribution < -0.4 is 10.5 Å². The molecule has 0 unspecified atom stereocenters. The van der Waals surface area contributed by atoms with Crippen LogP contribution in [0.25, 0.3) is 10.9 Å². The van der Waals surface area contributed by atoms with E-state index in [-0.39, 0.29) is 5.84 Å². The highest BCUT2D eigenvalue weighted by atomic mass is 35.5. The molecule has 0 atom stereocenters. The van der Waals surface area contributed by atoms with Gasteiger partial charge in [0.25, 0.3) is 0 Å². The molecule has 104 valence electrons. The maximum absolute atomic E-state index is 7.70. The van der Waals surface area contributed by atoms with Crippen LogP contribution in [0.2, 0.25) is 5.02 Å². The van der Waals surface area contributed by atoms with Crippen LogP contribution in [-0.4, -0.2) is 10.8 Å². The second kappa shape index (κ2) is 5.42. The van der Waals surface area contributed by atoms with E-state index in [0.717, 1.165) is 10.9 Å². The van der Waals surface area contributed by atoms with Gasteiger partial charge in [0.15, 0.2) is 0 Å². The first-order valence-electron chi connectivity index (χ1n) is 6.31. The average Bonchev–Trinajstić information content (AvgIpc) is 2.46. The van der Waals surface area contributed by atoms with E-state index in [1.165, 1.54) is 0 Å². The molecule has 4 nitrogen and oxygen atoms in total. The maximum Gasteiger partial charge on any atom is 0.220 e. The minimum Gasteiger partial charge on any atom is -0.439 e. The topological polar surface area (TPSA) is 72.0 Å². The molecule has 0 spiro atoms. The molecule has 1 heterocycles. The van der Waals surface area contributed by atoms with Gasteiger partial charge in [-0.3, -0.25) is 5.41 Å². The van der Waals surface area contributed by atoms with Crippen molar-refractivity contribution in [3.05, 3.63) is 65.2 Å². The number of para-hydroxylation sites is 1. The number of aromatic nitrogens is 1. The number of halogens is 1. The van der Waals surface area contributed by atoms with Gasteiger partial charge in [-0.2, -0.15) is 0 Å². The monoisotopic (exact) mass is 297 g/mol. The Morgan fingerprint density at radius 1 is 1.10 bits per heavy atom. The van der Waals surface area contributed by atoms with E-state index in [0.29, 0.717) is 22.2 Å². The molecule has 3 rings (SSSR count). The first-order chi connectivity index (χ1) is 10.1. The molecule has 21 heavy (non-hydrogen) atoms. The summed E-state index contributed by atoms with van der Waals surface area (Å²) in [7, 11) is 0. The summed E-state index contributed by atoms with van der Waals surface area (Å²) in [5, 5.41) is 9.11. The predicted molar refractivity (Wildman–Crippen MR) is 84.3 cm³/mol. The van der Waals surface area contributed by atoms with Crippen LogP contribution in [0.4, 0.5) is 0 Å². The number of benzene rings is 2. The molecule has 0 amide bonds. The van der Waals surface area contributed by atoms with Crippen molar-refractivity contribution >= 4 is 28.3 Å². The molecule has 0 fully saturated rings. The van der Waals surface area contributed by atoms with E-state index >= 15 is 0 Å². The lowest BCUT2D eigenvalue weighted by Crippen LogP contribution is -2.12. The lowest BCUT2D eigenvalue weighted by molar-refractivity contribution is 0.465. The zero-order chi connectivity index (χ0) is 14.8. The summed E-state index contributed by atoms with van der Waals surface area (Å²) in [4.78, 5) is 4.43. The lowest BCUT2D eigenvalue weighted by atomic mass is 10.1. The number of nitrogens with zero attached hydrogens (tertiary/aromatic N) is 1. The minimum absolute atomic E-state index is 0.0236. The quantitative estimate of drug-likeness (QED) is 0.567. The summed E-state index contributed by atoms with van der Waals surface area (Å²) in [5.41, 5.74) is 6.96. The van der Waals surface area contributed by atoms with Crippen molar-refractivity contribution in [1.29, 1.82) is 5.41 Å². The number of hydrogen-bond acceptors (Lipinski definition) is 3. The Kier molecular flexibility index (Phi) is 3.46. The zero-order valence-electron chi connectivity index (χ0n) is 11.0. The summed E-state index contributed by atoms with van der Waals surface area (Å²) in [6, 6.07) is 16.2. The maximum atomic E-state index is 7.70. The molecule has 3 N–H and O–H groups in total. The minimum atomic E-state index is -0.0236. The van der Waals surface area contributed by atoms with E-state index in [2.05, 4.69) is 4.98 Å². The Morgan fingerprint density at radius 2 is 1.90 bits per heavy atom. The Balaban J connectivity index is 2.09. The smallest absolute Gasteiger partial charge is 0.220 e. The van der Waals surface area contributed by atoms with Crippen molar-refractivity contribution in [3.8, 4) is 11.6 Å². The predicted octanol–water partition coefficient (Wildman–Crippen LogP) is 3.96. The van der Waals surface area contributed by atoms with Gasteiger partial charge in [0.1, 0.15) is 11.6 Å². The van der Waals surface area contributed by atoms with Crippen LogP contribution in [0.3, 0.4) is 0 Å². The molecule has 0 bridgehead atoms. The third-order valence-corrected chi connectivity index (χ3v) is 3.24. The van der Waals surface area contributed by atoms with Gasteiger partial charge in [-0.25, -0.2) is 4.98 Å². The van der Waals surface area contributed by atoms with E-state index in [1.54, 1.807) is 30.3 Å². The fourth-order valence-corrected chi connectivity index (χ4v) is 2.26. The molecule has 0 aliphatic heterocycles. The van der Waals surface area contributed by atoms with Crippen molar-refractivity contribution in [2.75, 3.05) is 0 Å². The molecule has 3 aromatic rings. The summed E-state index contributed by atoms with van der Waals surface area (Å²) < 4.78 is 5.71. The SMILES string of the molecule is N=C(N)c1cc(Oc2cccc(Cl)c2)nc2ccccc12. The van der Waals surface area contributed by atoms with Crippen LogP contribution in [0, 0.1) is 5.41 Å². The van der Waals surface area contributed by atoms with Crippen LogP contribution in [0.5, 0.6) is 11.6 Å². The van der Waals surface area contributed by atoms with E-state index in [9.17, 15) is 0 Å². The molecule has 0 aliphatic carbocycles. The third-order valence-electron chi connectivity index (χ3n) is 3.00. The Labute approximate surface area is 126 Å². The lowest BCUT2D eigenvalue weighted by Gasteiger charge is -2.09. The largest absolute Gasteiger partial charge is 0.439 e. The van der Waals surface area contributed by atoms with Crippen molar-refractivity contribution in [1.82, 2.24) is 4.98 Å². The Hall–Kier alpha value is -2.59. The second-order valence-corrected chi connectivity index (χ2v) is 4.93. The summed E-state index contributed by atoms with van der Waals surface area (Å²) in [5.74, 6) is 0.936. The molecule has 2 aromatic carbocycles. The van der Waals surface area contributed by atoms with Crippen LogP contribution in [-0.2, 0) is 0 Å². The van der Waals surface area contributed by atoms with Gasteiger partial charge in [-0.1, -0.05) is 35.9 Å². The van der Waals surface area contributed by atoms with E-state index in [1.807, 2.05) is 24.3 Å². The highest BCUT2D eigenvalue weighted by Gasteiger charge is 2.09. The Bertz CT molecular complexity index is 833. The number of ether oxygens (including phenoxy) is 1. The number of amidine groups is 1. The molecular weight excluding hydrogens is 286 g/mol. The average molecular weight is 298 g/mol. The number of hydrogen-bond donors (Lipinski definition) is 2. The van der Waals surface area contributed by atoms with Gasteiger partial charge in [0, 0.05) is 22.0 Å².